The van der Waals surface area contributed by atoms with Crippen molar-refractivity contribution in [3.8, 4) is 17.5 Å². The highest BCUT2D eigenvalue weighted by Gasteiger charge is 2.12. The van der Waals surface area contributed by atoms with Gasteiger partial charge in [0, 0.05) is 19.8 Å². The Hall–Kier alpha value is -1.46. The molecule has 0 fully saturated rings. The molecule has 0 aliphatic rings. The van der Waals surface area contributed by atoms with Gasteiger partial charge in [0.05, 0.1) is 5.56 Å². The van der Waals surface area contributed by atoms with Crippen molar-refractivity contribution in [2.24, 2.45) is 0 Å². The van der Waals surface area contributed by atoms with Gasteiger partial charge in [0.1, 0.15) is 6.07 Å². The Morgan fingerprint density at radius 1 is 1.21 bits per heavy atom. The van der Waals surface area contributed by atoms with Gasteiger partial charge in [-0.3, -0.25) is 4.40 Å². The van der Waals surface area contributed by atoms with E-state index >= 15 is 0 Å². The summed E-state index contributed by atoms with van der Waals surface area (Å²) in [5, 5.41) is 17.3. The molecule has 0 saturated heterocycles. The van der Waals surface area contributed by atoms with Crippen molar-refractivity contribution in [3.63, 3.8) is 0 Å². The van der Waals surface area contributed by atoms with E-state index in [4.69, 9.17) is 5.26 Å². The van der Waals surface area contributed by atoms with E-state index in [1.54, 1.807) is 18.3 Å². The Morgan fingerprint density at radius 2 is 2.05 bits per heavy atom. The van der Waals surface area contributed by atoms with Crippen LogP contribution >= 0.6 is 38.5 Å². The molecular weight excluding hydrogens is 419 g/mol. The Balaban J connectivity index is 2.31. The van der Waals surface area contributed by atoms with Gasteiger partial charge < -0.3 is 0 Å². The molecule has 0 aliphatic heterocycles. The average molecular weight is 425 g/mol. The van der Waals surface area contributed by atoms with Crippen LogP contribution in [0.15, 0.2) is 41.0 Å². The van der Waals surface area contributed by atoms with E-state index in [1.165, 1.54) is 0 Å². The van der Waals surface area contributed by atoms with Gasteiger partial charge >= 0.3 is 0 Å². The second kappa shape index (κ2) is 4.90. The van der Waals surface area contributed by atoms with Crippen LogP contribution in [0.4, 0.5) is 0 Å². The second-order valence-electron chi connectivity index (χ2n) is 3.91. The number of hydrogen-bond acceptors (Lipinski definition) is 3. The standard InChI is InChI=1S/C13H6BrIN4/c14-9-2-3-11(15)10(5-9)13-18-17-12-4-1-8(6-16)7-19(12)13/h1-5,7H. The first-order valence-electron chi connectivity index (χ1n) is 5.39. The molecular formula is C13H6BrIN4. The number of aromatic nitrogens is 3. The number of pyridine rings is 1. The third-order valence-electron chi connectivity index (χ3n) is 2.70. The molecule has 0 bridgehead atoms. The maximum absolute atomic E-state index is 8.98. The van der Waals surface area contributed by atoms with Crippen LogP contribution < -0.4 is 0 Å². The van der Waals surface area contributed by atoms with Crippen molar-refractivity contribution in [3.05, 3.63) is 50.1 Å². The van der Waals surface area contributed by atoms with Crippen molar-refractivity contribution in [1.29, 1.82) is 5.26 Å². The van der Waals surface area contributed by atoms with E-state index in [9.17, 15) is 0 Å². The summed E-state index contributed by atoms with van der Waals surface area (Å²) in [6.45, 7) is 0. The summed E-state index contributed by atoms with van der Waals surface area (Å²) in [6, 6.07) is 11.6. The molecule has 0 N–H and O–H groups in total. The van der Waals surface area contributed by atoms with Crippen molar-refractivity contribution >= 4 is 44.2 Å². The molecule has 2 heterocycles. The fourth-order valence-electron chi connectivity index (χ4n) is 1.81. The monoisotopic (exact) mass is 424 g/mol. The third kappa shape index (κ3) is 2.24. The van der Waals surface area contributed by atoms with Crippen LogP contribution in [0.25, 0.3) is 17.0 Å². The zero-order valence-corrected chi connectivity index (χ0v) is 13.3. The van der Waals surface area contributed by atoms with E-state index < -0.39 is 0 Å². The minimum Gasteiger partial charge on any atom is -0.281 e. The number of nitrogens with zero attached hydrogens (tertiary/aromatic N) is 4. The van der Waals surface area contributed by atoms with Crippen LogP contribution in [-0.2, 0) is 0 Å². The van der Waals surface area contributed by atoms with E-state index in [0.717, 1.165) is 25.1 Å². The molecule has 0 atom stereocenters. The predicted octanol–water partition coefficient (Wildman–Crippen LogP) is 3.64. The molecule has 0 aliphatic carbocycles. The molecule has 0 saturated carbocycles. The van der Waals surface area contributed by atoms with Gasteiger partial charge in [0.15, 0.2) is 11.5 Å². The maximum atomic E-state index is 8.98. The van der Waals surface area contributed by atoms with Crippen LogP contribution in [0.3, 0.4) is 0 Å². The summed E-state index contributed by atoms with van der Waals surface area (Å²) in [6.07, 6.45) is 1.75. The van der Waals surface area contributed by atoms with Gasteiger partial charge in [-0.1, -0.05) is 15.9 Å². The van der Waals surface area contributed by atoms with E-state index in [-0.39, 0.29) is 0 Å². The minimum absolute atomic E-state index is 0.582. The SMILES string of the molecule is N#Cc1ccc2nnc(-c3cc(Br)ccc3I)n2c1. The zero-order valence-electron chi connectivity index (χ0n) is 9.51. The van der Waals surface area contributed by atoms with Crippen molar-refractivity contribution in [2.75, 3.05) is 0 Å². The van der Waals surface area contributed by atoms with Crippen LogP contribution in [0.2, 0.25) is 0 Å². The summed E-state index contributed by atoms with van der Waals surface area (Å²) in [4.78, 5) is 0. The highest BCUT2D eigenvalue weighted by Crippen LogP contribution is 2.27. The molecule has 1 aromatic carbocycles. The van der Waals surface area contributed by atoms with E-state index in [0.29, 0.717) is 5.56 Å². The Morgan fingerprint density at radius 3 is 2.84 bits per heavy atom. The molecule has 19 heavy (non-hydrogen) atoms. The molecule has 4 nitrogen and oxygen atoms in total. The fraction of sp³-hybridized carbons (Fsp3) is 0. The minimum atomic E-state index is 0.582. The highest BCUT2D eigenvalue weighted by atomic mass is 127. The number of halogens is 2. The molecule has 6 heteroatoms. The van der Waals surface area contributed by atoms with Crippen LogP contribution in [0.1, 0.15) is 5.56 Å². The number of rotatable bonds is 1. The largest absolute Gasteiger partial charge is 0.281 e. The van der Waals surface area contributed by atoms with E-state index in [2.05, 4.69) is 54.8 Å². The number of hydrogen-bond donors (Lipinski definition) is 0. The van der Waals surface area contributed by atoms with Crippen molar-refractivity contribution < 1.29 is 0 Å². The van der Waals surface area contributed by atoms with Gasteiger partial charge in [0.25, 0.3) is 0 Å². The van der Waals surface area contributed by atoms with Gasteiger partial charge in [0.2, 0.25) is 0 Å². The summed E-state index contributed by atoms with van der Waals surface area (Å²) in [5.41, 5.74) is 2.29. The molecule has 92 valence electrons. The van der Waals surface area contributed by atoms with E-state index in [1.807, 2.05) is 22.6 Å². The van der Waals surface area contributed by atoms with Crippen LogP contribution in [0.5, 0.6) is 0 Å². The molecule has 2 aromatic heterocycles. The lowest BCUT2D eigenvalue weighted by molar-refractivity contribution is 1.11. The van der Waals surface area contributed by atoms with Gasteiger partial charge in [-0.2, -0.15) is 5.26 Å². The predicted molar refractivity (Wildman–Crippen MR) is 83.6 cm³/mol. The lowest BCUT2D eigenvalue weighted by Gasteiger charge is -2.04. The highest BCUT2D eigenvalue weighted by molar-refractivity contribution is 14.1. The summed E-state index contributed by atoms with van der Waals surface area (Å²) >= 11 is 5.72. The van der Waals surface area contributed by atoms with Gasteiger partial charge in [-0.05, 0) is 52.9 Å². The number of nitriles is 1. The quantitative estimate of drug-likeness (QED) is 0.560. The Bertz CT molecular complexity index is 819. The van der Waals surface area contributed by atoms with Gasteiger partial charge in [-0.25, -0.2) is 0 Å². The summed E-state index contributed by atoms with van der Waals surface area (Å²) < 4.78 is 3.90. The Labute approximate surface area is 131 Å². The topological polar surface area (TPSA) is 54.0 Å². The number of benzene rings is 1. The van der Waals surface area contributed by atoms with Gasteiger partial charge in [-0.15, -0.1) is 10.2 Å². The average Bonchev–Trinajstić information content (AvgIpc) is 2.84. The molecule has 0 amide bonds. The smallest absolute Gasteiger partial charge is 0.169 e. The first kappa shape index (κ1) is 12.6. The lowest BCUT2D eigenvalue weighted by Crippen LogP contribution is -1.93. The molecule has 0 radical (unpaired) electrons. The molecule has 3 aromatic rings. The molecule has 3 rings (SSSR count). The lowest BCUT2D eigenvalue weighted by atomic mass is 10.2. The maximum Gasteiger partial charge on any atom is 0.169 e. The van der Waals surface area contributed by atoms with Crippen molar-refractivity contribution in [2.45, 2.75) is 0 Å². The zero-order chi connectivity index (χ0) is 13.4. The molecule has 0 unspecified atom stereocenters. The fourth-order valence-corrected chi connectivity index (χ4v) is 2.75. The Kier molecular flexibility index (Phi) is 3.24. The normalized spacial score (nSPS) is 10.6. The second-order valence-corrected chi connectivity index (χ2v) is 5.98. The first-order valence-corrected chi connectivity index (χ1v) is 7.26. The molecule has 0 spiro atoms. The summed E-state index contributed by atoms with van der Waals surface area (Å²) in [7, 11) is 0. The third-order valence-corrected chi connectivity index (χ3v) is 4.13. The van der Waals surface area contributed by atoms with Crippen LogP contribution in [-0.4, -0.2) is 14.6 Å². The van der Waals surface area contributed by atoms with Crippen LogP contribution in [0, 0.1) is 14.9 Å². The first-order chi connectivity index (χ1) is 9.19. The summed E-state index contributed by atoms with van der Waals surface area (Å²) in [5.74, 6) is 0.734. The van der Waals surface area contributed by atoms with Crippen molar-refractivity contribution in [1.82, 2.24) is 14.6 Å². The number of fused-ring (bicyclic) bond motifs is 1.